The zero-order valence-corrected chi connectivity index (χ0v) is 13.4. The molecule has 0 spiro atoms. The molecule has 1 atom stereocenters. The van der Waals surface area contributed by atoms with E-state index >= 15 is 0 Å². The average molecular weight is 342 g/mol. The lowest BCUT2D eigenvalue weighted by molar-refractivity contribution is 0.626. The number of hydrogen-bond donors (Lipinski definition) is 0. The fourth-order valence-electron chi connectivity index (χ4n) is 2.09. The summed E-state index contributed by atoms with van der Waals surface area (Å²) in [4.78, 5) is -0.0279. The molecule has 0 radical (unpaired) electrons. The van der Waals surface area contributed by atoms with Gasteiger partial charge in [0, 0.05) is 5.02 Å². The second-order valence-corrected chi connectivity index (χ2v) is 6.14. The highest BCUT2D eigenvalue weighted by molar-refractivity contribution is 9.09. The summed E-state index contributed by atoms with van der Waals surface area (Å²) in [5.41, 5.74) is 5.33. The molecule has 0 aliphatic carbocycles. The van der Waals surface area contributed by atoms with Crippen LogP contribution in [0.25, 0.3) is 0 Å². The van der Waals surface area contributed by atoms with Crippen molar-refractivity contribution in [2.24, 2.45) is 0 Å². The van der Waals surface area contributed by atoms with Gasteiger partial charge in [0.1, 0.15) is 5.82 Å². The normalized spacial score (nSPS) is 12.5. The number of alkyl halides is 1. The maximum absolute atomic E-state index is 13.2. The van der Waals surface area contributed by atoms with Crippen LogP contribution in [0.4, 0.5) is 4.39 Å². The lowest BCUT2D eigenvalue weighted by Gasteiger charge is -2.17. The number of halogens is 3. The van der Waals surface area contributed by atoms with E-state index in [1.165, 1.54) is 17.2 Å². The maximum atomic E-state index is 13.2. The fraction of sp³-hybridized carbons (Fsp3) is 0.250. The van der Waals surface area contributed by atoms with Crippen molar-refractivity contribution in [3.63, 3.8) is 0 Å². The van der Waals surface area contributed by atoms with Crippen molar-refractivity contribution in [2.75, 3.05) is 0 Å². The van der Waals surface area contributed by atoms with Crippen molar-refractivity contribution in [1.82, 2.24) is 0 Å². The highest BCUT2D eigenvalue weighted by Gasteiger charge is 2.17. The van der Waals surface area contributed by atoms with Gasteiger partial charge in [0.15, 0.2) is 0 Å². The van der Waals surface area contributed by atoms with Gasteiger partial charge in [0.25, 0.3) is 0 Å². The summed E-state index contributed by atoms with van der Waals surface area (Å²) < 4.78 is 13.2. The first-order valence-electron chi connectivity index (χ1n) is 6.07. The Morgan fingerprint density at radius 2 is 1.58 bits per heavy atom. The zero-order valence-electron chi connectivity index (χ0n) is 11.1. The maximum Gasteiger partial charge on any atom is 0.123 e. The molecular formula is C16H15BrClF. The van der Waals surface area contributed by atoms with Crippen LogP contribution >= 0.6 is 27.5 Å². The number of hydrogen-bond acceptors (Lipinski definition) is 0. The summed E-state index contributed by atoms with van der Waals surface area (Å²) >= 11 is 10.00. The average Bonchev–Trinajstić information content (AvgIpc) is 2.33. The molecule has 0 nitrogen and oxygen atoms in total. The molecule has 2 aromatic rings. The Morgan fingerprint density at radius 1 is 0.947 bits per heavy atom. The van der Waals surface area contributed by atoms with E-state index in [9.17, 15) is 4.39 Å². The van der Waals surface area contributed by atoms with Gasteiger partial charge in [-0.2, -0.15) is 0 Å². The predicted octanol–water partition coefficient (Wildman–Crippen LogP) is 5.89. The highest BCUT2D eigenvalue weighted by Crippen LogP contribution is 2.38. The van der Waals surface area contributed by atoms with E-state index in [4.69, 9.17) is 11.6 Å². The van der Waals surface area contributed by atoms with Gasteiger partial charge in [-0.3, -0.25) is 0 Å². The molecule has 0 saturated carbocycles. The smallest absolute Gasteiger partial charge is 0.123 e. The van der Waals surface area contributed by atoms with Crippen LogP contribution < -0.4 is 0 Å². The number of rotatable bonds is 2. The molecule has 2 aromatic carbocycles. The summed E-state index contributed by atoms with van der Waals surface area (Å²) in [5, 5.41) is 0.730. The van der Waals surface area contributed by atoms with Crippen molar-refractivity contribution in [1.29, 1.82) is 0 Å². The Bertz CT molecular complexity index is 622. The van der Waals surface area contributed by atoms with Gasteiger partial charge < -0.3 is 0 Å². The Morgan fingerprint density at radius 3 is 2.21 bits per heavy atom. The predicted molar refractivity (Wildman–Crippen MR) is 82.8 cm³/mol. The third-order valence-corrected chi connectivity index (χ3v) is 4.70. The van der Waals surface area contributed by atoms with Gasteiger partial charge >= 0.3 is 0 Å². The minimum atomic E-state index is -0.216. The van der Waals surface area contributed by atoms with E-state index in [2.05, 4.69) is 28.9 Å². The van der Waals surface area contributed by atoms with Crippen molar-refractivity contribution in [2.45, 2.75) is 25.6 Å². The molecule has 1 unspecified atom stereocenters. The lowest BCUT2D eigenvalue weighted by Crippen LogP contribution is -1.99. The van der Waals surface area contributed by atoms with Crippen LogP contribution in [0.1, 0.15) is 32.6 Å². The van der Waals surface area contributed by atoms with Crippen LogP contribution in [0, 0.1) is 26.6 Å². The van der Waals surface area contributed by atoms with Crippen LogP contribution in [0.2, 0.25) is 5.02 Å². The Labute approximate surface area is 126 Å². The lowest BCUT2D eigenvalue weighted by atomic mass is 9.97. The quantitative estimate of drug-likeness (QED) is 0.598. The topological polar surface area (TPSA) is 0 Å². The van der Waals surface area contributed by atoms with Gasteiger partial charge in [-0.25, -0.2) is 4.39 Å². The first-order chi connectivity index (χ1) is 8.90. The molecule has 0 aliphatic rings. The highest BCUT2D eigenvalue weighted by atomic mass is 79.9. The van der Waals surface area contributed by atoms with Crippen LogP contribution in [-0.4, -0.2) is 0 Å². The Balaban J connectivity index is 2.49. The Hall–Kier alpha value is -0.860. The minimum absolute atomic E-state index is 0.0279. The molecule has 0 bridgehead atoms. The molecule has 0 heterocycles. The van der Waals surface area contributed by atoms with E-state index in [1.807, 2.05) is 19.9 Å². The third-order valence-electron chi connectivity index (χ3n) is 3.39. The summed E-state index contributed by atoms with van der Waals surface area (Å²) in [5.74, 6) is -0.216. The molecule has 0 aliphatic heterocycles. The van der Waals surface area contributed by atoms with Gasteiger partial charge in [0.2, 0.25) is 0 Å². The van der Waals surface area contributed by atoms with Crippen molar-refractivity contribution < 1.29 is 4.39 Å². The van der Waals surface area contributed by atoms with Gasteiger partial charge in [-0.1, -0.05) is 39.7 Å². The summed E-state index contributed by atoms with van der Waals surface area (Å²) in [7, 11) is 0. The summed E-state index contributed by atoms with van der Waals surface area (Å²) in [6, 6.07) is 8.87. The van der Waals surface area contributed by atoms with E-state index in [1.54, 1.807) is 12.1 Å². The monoisotopic (exact) mass is 340 g/mol. The van der Waals surface area contributed by atoms with Gasteiger partial charge in [0.05, 0.1) is 4.83 Å². The van der Waals surface area contributed by atoms with Crippen LogP contribution in [0.15, 0.2) is 30.3 Å². The molecular weight excluding hydrogens is 327 g/mol. The number of aryl methyl sites for hydroxylation is 3. The molecule has 2 rings (SSSR count). The molecule has 19 heavy (non-hydrogen) atoms. The third kappa shape index (κ3) is 3.01. The van der Waals surface area contributed by atoms with Gasteiger partial charge in [-0.05, 0) is 66.8 Å². The summed E-state index contributed by atoms with van der Waals surface area (Å²) in [6.45, 7) is 6.01. The van der Waals surface area contributed by atoms with E-state index in [0.29, 0.717) is 0 Å². The Kier molecular flexibility index (Phi) is 4.32. The summed E-state index contributed by atoms with van der Waals surface area (Å²) in [6.07, 6.45) is 0. The first kappa shape index (κ1) is 14.5. The molecule has 0 saturated heterocycles. The van der Waals surface area contributed by atoms with E-state index < -0.39 is 0 Å². The molecule has 0 aromatic heterocycles. The molecule has 100 valence electrons. The molecule has 0 amide bonds. The second kappa shape index (κ2) is 5.64. The van der Waals surface area contributed by atoms with Crippen molar-refractivity contribution in [3.8, 4) is 0 Å². The molecule has 3 heteroatoms. The largest absolute Gasteiger partial charge is 0.207 e. The van der Waals surface area contributed by atoms with Gasteiger partial charge in [-0.15, -0.1) is 0 Å². The molecule has 0 fully saturated rings. The second-order valence-electron chi connectivity index (χ2n) is 4.82. The SMILES string of the molecule is Cc1cc(Cl)c(C(Br)c2ccc(F)cc2C)cc1C. The van der Waals surface area contributed by atoms with E-state index in [-0.39, 0.29) is 10.6 Å². The fourth-order valence-corrected chi connectivity index (χ4v) is 3.44. The molecule has 0 N–H and O–H groups in total. The van der Waals surface area contributed by atoms with Crippen LogP contribution in [-0.2, 0) is 0 Å². The van der Waals surface area contributed by atoms with Crippen LogP contribution in [0.3, 0.4) is 0 Å². The van der Waals surface area contributed by atoms with Crippen molar-refractivity contribution >= 4 is 27.5 Å². The minimum Gasteiger partial charge on any atom is -0.207 e. The standard InChI is InChI=1S/C16H15BrClF/c1-9-7-14(15(18)8-10(9)2)16(17)13-5-4-12(19)6-11(13)3/h4-8,16H,1-3H3. The zero-order chi connectivity index (χ0) is 14.2. The first-order valence-corrected chi connectivity index (χ1v) is 7.36. The van der Waals surface area contributed by atoms with E-state index in [0.717, 1.165) is 21.7 Å². The number of benzene rings is 2. The van der Waals surface area contributed by atoms with Crippen molar-refractivity contribution in [3.05, 3.63) is 69.0 Å². The van der Waals surface area contributed by atoms with Crippen LogP contribution in [0.5, 0.6) is 0 Å².